The first-order chi connectivity index (χ1) is 23.2. The van der Waals surface area contributed by atoms with E-state index in [1.807, 2.05) is 13.8 Å². The molecule has 50 heavy (non-hydrogen) atoms. The number of allylic oxidation sites excluding steroid dienone is 1. The Morgan fingerprint density at radius 1 is 0.960 bits per heavy atom. The molecular formula is C36H33ClF7NO5. The Bertz CT molecular complexity index is 1840. The van der Waals surface area contributed by atoms with E-state index >= 15 is 4.39 Å². The highest BCUT2D eigenvalue weighted by atomic mass is 35.5. The highest BCUT2D eigenvalue weighted by molar-refractivity contribution is 6.33. The van der Waals surface area contributed by atoms with Gasteiger partial charge in [0.2, 0.25) is 0 Å². The zero-order valence-electron chi connectivity index (χ0n) is 27.6. The van der Waals surface area contributed by atoms with Crippen LogP contribution in [0, 0.1) is 11.2 Å². The normalized spacial score (nSPS) is 19.5. The molecule has 2 atom stereocenters. The van der Waals surface area contributed by atoms with Gasteiger partial charge in [0.25, 0.3) is 0 Å². The molecule has 14 heteroatoms. The van der Waals surface area contributed by atoms with Crippen LogP contribution < -0.4 is 4.74 Å². The monoisotopic (exact) mass is 727 g/mol. The van der Waals surface area contributed by atoms with E-state index in [1.165, 1.54) is 50.3 Å². The summed E-state index contributed by atoms with van der Waals surface area (Å²) in [5, 5.41) is 0.0878. The summed E-state index contributed by atoms with van der Waals surface area (Å²) < 4.78 is 113. The molecule has 0 saturated carbocycles. The van der Waals surface area contributed by atoms with Crippen molar-refractivity contribution in [3.63, 3.8) is 0 Å². The fraction of sp³-hybridized carbons (Fsp3) is 0.389. The Kier molecular flexibility index (Phi) is 9.96. The fourth-order valence-corrected chi connectivity index (χ4v) is 6.82. The molecule has 0 aromatic heterocycles. The Hall–Kier alpha value is -4.26. The van der Waals surface area contributed by atoms with E-state index in [2.05, 4.69) is 0 Å². The highest BCUT2D eigenvalue weighted by Gasteiger charge is 2.44. The minimum atomic E-state index is -5.07. The molecule has 0 spiro atoms. The number of amides is 1. The number of nitrogens with zero attached hydrogens (tertiary/aromatic N) is 1. The van der Waals surface area contributed by atoms with Crippen molar-refractivity contribution >= 4 is 29.2 Å². The van der Waals surface area contributed by atoms with Gasteiger partial charge >= 0.3 is 24.4 Å². The molecule has 2 aliphatic rings. The van der Waals surface area contributed by atoms with Crippen molar-refractivity contribution in [2.75, 3.05) is 20.8 Å². The molecule has 0 radical (unpaired) electrons. The molecule has 1 fully saturated rings. The quantitative estimate of drug-likeness (QED) is 0.179. The smallest absolute Gasteiger partial charge is 0.416 e. The van der Waals surface area contributed by atoms with Crippen LogP contribution in [0.5, 0.6) is 5.75 Å². The van der Waals surface area contributed by atoms with Crippen LogP contribution in [-0.4, -0.2) is 43.8 Å². The van der Waals surface area contributed by atoms with Gasteiger partial charge in [0, 0.05) is 34.3 Å². The van der Waals surface area contributed by atoms with E-state index in [0.717, 1.165) is 11.1 Å². The van der Waals surface area contributed by atoms with E-state index in [-0.39, 0.29) is 45.5 Å². The number of ether oxygens (including phenoxy) is 3. The maximum atomic E-state index is 15.6. The zero-order valence-corrected chi connectivity index (χ0v) is 28.4. The number of esters is 1. The lowest BCUT2D eigenvalue weighted by Crippen LogP contribution is -2.35. The van der Waals surface area contributed by atoms with Gasteiger partial charge in [0.15, 0.2) is 0 Å². The van der Waals surface area contributed by atoms with Crippen molar-refractivity contribution in [3.05, 3.63) is 92.8 Å². The van der Waals surface area contributed by atoms with Crippen LogP contribution >= 0.6 is 11.6 Å². The number of rotatable bonds is 7. The minimum absolute atomic E-state index is 0.0227. The van der Waals surface area contributed by atoms with Crippen LogP contribution in [0.2, 0.25) is 5.02 Å². The number of alkyl halides is 6. The first kappa shape index (κ1) is 37.0. The third-order valence-electron chi connectivity index (χ3n) is 9.16. The molecule has 1 heterocycles. The average Bonchev–Trinajstić information content (AvgIpc) is 3.31. The zero-order chi connectivity index (χ0) is 36.9. The number of carbonyl (C=O) groups excluding carboxylic acids is 2. The molecular weight excluding hydrogens is 695 g/mol. The van der Waals surface area contributed by atoms with Crippen LogP contribution in [0.15, 0.2) is 54.1 Å². The standard InChI is InChI=1S/C36H33ClF7NO5/c1-18-31(20-10-22(35(39,40)41)13-23(11-20)36(42,43)44)50-33(47)45(18)17-21-16-34(2,3)9-8-24(21)27-14-26(29(38)15-30(27)48-4)25-7-6-19(12-28(25)37)32(46)49-5/h6-7,10-15,18,31H,8-9,16-17H2,1-5H3/t18-,31-/m0/s1. The van der Waals surface area contributed by atoms with Crippen LogP contribution in [0.1, 0.15) is 78.7 Å². The minimum Gasteiger partial charge on any atom is -0.496 e. The third-order valence-corrected chi connectivity index (χ3v) is 9.47. The first-order valence-electron chi connectivity index (χ1n) is 15.5. The van der Waals surface area contributed by atoms with Gasteiger partial charge in [0.05, 0.1) is 37.0 Å². The second-order valence-corrected chi connectivity index (χ2v) is 13.6. The maximum Gasteiger partial charge on any atom is 0.416 e. The van der Waals surface area contributed by atoms with Crippen LogP contribution in [-0.2, 0) is 21.8 Å². The molecule has 0 N–H and O–H groups in total. The summed E-state index contributed by atoms with van der Waals surface area (Å²) >= 11 is 6.49. The summed E-state index contributed by atoms with van der Waals surface area (Å²) in [6.07, 6.45) is -10.9. The van der Waals surface area contributed by atoms with E-state index in [9.17, 15) is 35.9 Å². The Morgan fingerprint density at radius 2 is 1.60 bits per heavy atom. The van der Waals surface area contributed by atoms with Crippen LogP contribution in [0.4, 0.5) is 35.5 Å². The lowest BCUT2D eigenvalue weighted by atomic mass is 9.72. The average molecular weight is 728 g/mol. The largest absolute Gasteiger partial charge is 0.496 e. The third kappa shape index (κ3) is 7.42. The lowest BCUT2D eigenvalue weighted by Gasteiger charge is -2.36. The van der Waals surface area contributed by atoms with Crippen molar-refractivity contribution in [1.82, 2.24) is 4.90 Å². The van der Waals surface area contributed by atoms with Gasteiger partial charge < -0.3 is 14.2 Å². The fourth-order valence-electron chi connectivity index (χ4n) is 6.54. The van der Waals surface area contributed by atoms with Gasteiger partial charge in [-0.1, -0.05) is 31.5 Å². The molecule has 0 unspecified atom stereocenters. The highest BCUT2D eigenvalue weighted by Crippen LogP contribution is 2.48. The van der Waals surface area contributed by atoms with Crippen molar-refractivity contribution in [3.8, 4) is 16.9 Å². The van der Waals surface area contributed by atoms with Gasteiger partial charge in [-0.2, -0.15) is 26.3 Å². The molecule has 5 rings (SSSR count). The topological polar surface area (TPSA) is 65.1 Å². The van der Waals surface area contributed by atoms with Crippen molar-refractivity contribution in [2.24, 2.45) is 5.41 Å². The molecule has 1 aliphatic heterocycles. The van der Waals surface area contributed by atoms with Crippen molar-refractivity contribution in [2.45, 2.75) is 64.5 Å². The van der Waals surface area contributed by atoms with Gasteiger partial charge in [-0.15, -0.1) is 0 Å². The number of benzene rings is 3. The van der Waals surface area contributed by atoms with E-state index in [0.29, 0.717) is 37.0 Å². The number of hydrogen-bond donors (Lipinski definition) is 0. The number of hydrogen-bond acceptors (Lipinski definition) is 5. The van der Waals surface area contributed by atoms with Crippen LogP contribution in [0.25, 0.3) is 16.7 Å². The summed E-state index contributed by atoms with van der Waals surface area (Å²) in [5.41, 5.74) is -1.18. The van der Waals surface area contributed by atoms with Crippen molar-refractivity contribution in [1.29, 1.82) is 0 Å². The molecule has 3 aromatic carbocycles. The van der Waals surface area contributed by atoms with E-state index < -0.39 is 59.1 Å². The molecule has 0 bridgehead atoms. The Morgan fingerprint density at radius 3 is 2.16 bits per heavy atom. The lowest BCUT2D eigenvalue weighted by molar-refractivity contribution is -0.143. The predicted octanol–water partition coefficient (Wildman–Crippen LogP) is 10.5. The second-order valence-electron chi connectivity index (χ2n) is 13.2. The summed E-state index contributed by atoms with van der Waals surface area (Å²) in [4.78, 5) is 26.5. The Labute approximate surface area is 288 Å². The van der Waals surface area contributed by atoms with E-state index in [1.54, 1.807) is 6.07 Å². The van der Waals surface area contributed by atoms with Gasteiger partial charge in [-0.25, -0.2) is 14.0 Å². The summed E-state index contributed by atoms with van der Waals surface area (Å²) in [7, 11) is 2.59. The summed E-state index contributed by atoms with van der Waals surface area (Å²) in [6.45, 7) is 5.48. The number of carbonyl (C=O) groups is 2. The molecule has 3 aromatic rings. The summed E-state index contributed by atoms with van der Waals surface area (Å²) in [6, 6.07) is 7.26. The molecule has 268 valence electrons. The number of methoxy groups -OCH3 is 2. The molecule has 6 nitrogen and oxygen atoms in total. The second kappa shape index (κ2) is 13.5. The van der Waals surface area contributed by atoms with Gasteiger partial charge in [0.1, 0.15) is 17.7 Å². The molecule has 1 saturated heterocycles. The predicted molar refractivity (Wildman–Crippen MR) is 171 cm³/mol. The number of halogens is 8. The molecule has 1 amide bonds. The van der Waals surface area contributed by atoms with Gasteiger partial charge in [-0.05, 0) is 84.7 Å². The van der Waals surface area contributed by atoms with Gasteiger partial charge in [-0.3, -0.25) is 4.90 Å². The van der Waals surface area contributed by atoms with Crippen molar-refractivity contribution < 1.29 is 54.5 Å². The Balaban J connectivity index is 1.57. The molecule has 1 aliphatic carbocycles. The first-order valence-corrected chi connectivity index (χ1v) is 15.9. The SMILES string of the molecule is COC(=O)c1ccc(-c2cc(C3=C(CN4C(=O)O[C@H](c5cc(C(F)(F)F)cc(C(F)(F)F)c5)[C@@H]4C)CC(C)(C)CC3)c(OC)cc2F)c(Cl)c1. The number of cyclic esters (lactones) is 1. The summed E-state index contributed by atoms with van der Waals surface area (Å²) in [5.74, 6) is -1.09. The maximum absolute atomic E-state index is 15.6. The van der Waals surface area contributed by atoms with Crippen LogP contribution in [0.3, 0.4) is 0 Å². The van der Waals surface area contributed by atoms with E-state index in [4.69, 9.17) is 25.8 Å².